The van der Waals surface area contributed by atoms with E-state index in [1.165, 1.54) is 0 Å². The fraction of sp³-hybridized carbons (Fsp3) is 0.0164. The van der Waals surface area contributed by atoms with Crippen LogP contribution >= 0.6 is 0 Å². The highest BCUT2D eigenvalue weighted by Crippen LogP contribution is 2.63. The Balaban J connectivity index is 1.05. The number of aromatic nitrogens is 1. The van der Waals surface area contributed by atoms with Crippen LogP contribution in [0.5, 0.6) is 0 Å². The van der Waals surface area contributed by atoms with Crippen molar-refractivity contribution in [1.82, 2.24) is 4.57 Å². The van der Waals surface area contributed by atoms with E-state index in [0.29, 0.717) is 11.4 Å². The average molecular weight is 822 g/mol. The van der Waals surface area contributed by atoms with Gasteiger partial charge in [0.05, 0.1) is 42.8 Å². The van der Waals surface area contributed by atoms with E-state index in [4.69, 9.17) is 9.90 Å². The molecule has 0 amide bonds. The Kier molecular flexibility index (Phi) is 6.03. The lowest BCUT2D eigenvalue weighted by Gasteiger charge is -2.32. The number of hydrogen-bond acceptors (Lipinski definition) is 2. The summed E-state index contributed by atoms with van der Waals surface area (Å²) in [5.74, 6) is 0. The quantitative estimate of drug-likeness (QED) is 0.172. The number of anilines is 3. The van der Waals surface area contributed by atoms with E-state index < -0.39 is 29.6 Å². The molecule has 0 atom stereocenters. The Labute approximate surface area is 380 Å². The first-order chi connectivity index (χ1) is 34.7. The Bertz CT molecular complexity index is 4170. The predicted molar refractivity (Wildman–Crippen MR) is 264 cm³/mol. The van der Waals surface area contributed by atoms with Crippen LogP contribution in [0, 0.1) is 0 Å². The van der Waals surface area contributed by atoms with Gasteiger partial charge in [-0.25, -0.2) is 0 Å². The number of para-hydroxylation sites is 4. The molecule has 12 aromatic rings. The molecule has 3 nitrogen and oxygen atoms in total. The van der Waals surface area contributed by atoms with Crippen LogP contribution in [-0.2, 0) is 5.41 Å². The summed E-state index contributed by atoms with van der Waals surface area (Å²) in [5.41, 5.74) is 14.7. The molecule has 2 aliphatic rings. The summed E-state index contributed by atoms with van der Waals surface area (Å²) < 4.78 is 72.3. The third-order valence-electron chi connectivity index (χ3n) is 13.6. The average Bonchev–Trinajstić information content (AvgIpc) is 4.15. The Hall–Kier alpha value is -8.40. The summed E-state index contributed by atoms with van der Waals surface area (Å²) in [5, 5.41) is 2.53. The van der Waals surface area contributed by atoms with Crippen molar-refractivity contribution in [3.8, 4) is 39.1 Å². The summed E-state index contributed by atoms with van der Waals surface area (Å²) >= 11 is 0. The van der Waals surface area contributed by atoms with Gasteiger partial charge in [-0.2, -0.15) is 0 Å². The van der Waals surface area contributed by atoms with Crippen molar-refractivity contribution in [3.05, 3.63) is 253 Å². The summed E-state index contributed by atoms with van der Waals surface area (Å²) in [7, 11) is 0. The molecular formula is C61H38N2O. The van der Waals surface area contributed by atoms with Crippen molar-refractivity contribution in [2.24, 2.45) is 0 Å². The number of benzene rings is 10. The van der Waals surface area contributed by atoms with Crippen molar-refractivity contribution in [2.75, 3.05) is 4.90 Å². The van der Waals surface area contributed by atoms with Crippen LogP contribution in [0.2, 0.25) is 0 Å². The lowest BCUT2D eigenvalue weighted by atomic mass is 9.70. The molecule has 2 aromatic heterocycles. The first kappa shape index (κ1) is 29.0. The molecule has 0 unspecified atom stereocenters. The molecular weight excluding hydrogens is 777 g/mol. The molecule has 2 heterocycles. The van der Waals surface area contributed by atoms with Crippen LogP contribution in [-0.4, -0.2) is 4.57 Å². The van der Waals surface area contributed by atoms with Gasteiger partial charge in [0, 0.05) is 33.1 Å². The van der Waals surface area contributed by atoms with Crippen LogP contribution in [0.1, 0.15) is 31.8 Å². The molecule has 10 aromatic carbocycles. The summed E-state index contributed by atoms with van der Waals surface area (Å²) in [6, 6.07) is 62.7. The van der Waals surface area contributed by atoms with Gasteiger partial charge in [-0.05, 0) is 111 Å². The molecule has 0 aliphatic heterocycles. The van der Waals surface area contributed by atoms with E-state index in [2.05, 4.69) is 168 Å². The van der Waals surface area contributed by atoms with Gasteiger partial charge in [-0.3, -0.25) is 0 Å². The zero-order chi connectivity index (χ0) is 48.0. The van der Waals surface area contributed by atoms with Gasteiger partial charge < -0.3 is 13.9 Å². The molecule has 0 saturated carbocycles. The molecule has 3 heteroatoms. The lowest BCUT2D eigenvalue weighted by molar-refractivity contribution is 0.669. The molecule has 0 fully saturated rings. The Morgan fingerprint density at radius 2 is 0.953 bits per heavy atom. The topological polar surface area (TPSA) is 21.3 Å². The minimum Gasteiger partial charge on any atom is -0.456 e. The standard InChI is InChI=1S/C61H38N2O/c1-8-23-50-43(17-1)44-18-2-9-24-51(44)61(50)52-25-10-3-19-45(52)46-37-36-41(38-53(46)61)62(57-29-15-31-59-60(57)49-22-7-14-30-58(49)64-59)40-34-32-39(33-35-40)42-16-4-11-26-54(42)63-55-27-12-5-20-47(55)48-21-6-13-28-56(48)63/h1-38H/i7D,14D,15D,22D,29D,30D,31D. The van der Waals surface area contributed by atoms with Gasteiger partial charge in [-0.1, -0.05) is 170 Å². The van der Waals surface area contributed by atoms with Gasteiger partial charge in [0.2, 0.25) is 0 Å². The maximum atomic E-state index is 9.82. The molecule has 1 spiro atoms. The number of fused-ring (bicyclic) bond motifs is 16. The minimum absolute atomic E-state index is 0.0495. The maximum Gasteiger partial charge on any atom is 0.137 e. The molecule has 2 aliphatic carbocycles. The van der Waals surface area contributed by atoms with Crippen molar-refractivity contribution < 1.29 is 14.0 Å². The smallest absolute Gasteiger partial charge is 0.137 e. The molecule has 0 N–H and O–H groups in total. The Morgan fingerprint density at radius 1 is 0.422 bits per heavy atom. The highest BCUT2D eigenvalue weighted by Gasteiger charge is 2.51. The molecule has 14 rings (SSSR count). The predicted octanol–water partition coefficient (Wildman–Crippen LogP) is 16.2. The van der Waals surface area contributed by atoms with E-state index in [9.17, 15) is 4.11 Å². The first-order valence-electron chi connectivity index (χ1n) is 25.0. The van der Waals surface area contributed by atoms with Gasteiger partial charge in [-0.15, -0.1) is 0 Å². The monoisotopic (exact) mass is 821 g/mol. The van der Waals surface area contributed by atoms with Crippen LogP contribution in [0.25, 0.3) is 82.8 Å². The maximum absolute atomic E-state index is 9.82. The molecule has 0 bridgehead atoms. The van der Waals surface area contributed by atoms with E-state index in [1.54, 1.807) is 0 Å². The van der Waals surface area contributed by atoms with Gasteiger partial charge in [0.25, 0.3) is 0 Å². The van der Waals surface area contributed by atoms with Crippen LogP contribution in [0.4, 0.5) is 17.1 Å². The fourth-order valence-corrected chi connectivity index (χ4v) is 11.0. The molecule has 0 radical (unpaired) electrons. The lowest BCUT2D eigenvalue weighted by Crippen LogP contribution is -2.26. The molecule has 298 valence electrons. The normalized spacial score (nSPS) is 14.7. The first-order valence-corrected chi connectivity index (χ1v) is 21.5. The van der Waals surface area contributed by atoms with Gasteiger partial charge in [0.15, 0.2) is 0 Å². The zero-order valence-electron chi connectivity index (χ0n) is 41.2. The highest BCUT2D eigenvalue weighted by atomic mass is 16.3. The minimum atomic E-state index is -0.701. The second-order valence-corrected chi connectivity index (χ2v) is 16.6. The number of hydrogen-bond donors (Lipinski definition) is 0. The van der Waals surface area contributed by atoms with E-state index in [0.717, 1.165) is 83.1 Å². The van der Waals surface area contributed by atoms with Crippen molar-refractivity contribution in [1.29, 1.82) is 0 Å². The highest BCUT2D eigenvalue weighted by molar-refractivity contribution is 6.14. The summed E-state index contributed by atoms with van der Waals surface area (Å²) in [4.78, 5) is 1.91. The van der Waals surface area contributed by atoms with Crippen LogP contribution in [0.15, 0.2) is 235 Å². The number of furan rings is 1. The third kappa shape index (κ3) is 4.70. The number of rotatable bonds is 5. The fourth-order valence-electron chi connectivity index (χ4n) is 11.0. The molecule has 0 saturated heterocycles. The largest absolute Gasteiger partial charge is 0.456 e. The molecule has 64 heavy (non-hydrogen) atoms. The SMILES string of the molecule is [2H]c1c([2H])c([2H])c2c(oc3c([2H])c([2H])c([2H])c(N(c4ccc(-c5ccccc5-n5c6ccccc6c6ccccc65)cc4)c4ccc5c(c4)C4(c6ccccc6-c6ccccc64)c4ccccc4-5)c32)c1[2H]. The van der Waals surface area contributed by atoms with Gasteiger partial charge in [0.1, 0.15) is 11.2 Å². The summed E-state index contributed by atoms with van der Waals surface area (Å²) in [6.07, 6.45) is 0. The van der Waals surface area contributed by atoms with Gasteiger partial charge >= 0.3 is 0 Å². The van der Waals surface area contributed by atoms with Crippen molar-refractivity contribution in [3.63, 3.8) is 0 Å². The van der Waals surface area contributed by atoms with E-state index in [1.807, 2.05) is 29.2 Å². The van der Waals surface area contributed by atoms with Crippen molar-refractivity contribution in [2.45, 2.75) is 5.41 Å². The second kappa shape index (κ2) is 13.3. The summed E-state index contributed by atoms with van der Waals surface area (Å²) in [6.45, 7) is 0. The van der Waals surface area contributed by atoms with Crippen LogP contribution in [0.3, 0.4) is 0 Å². The third-order valence-corrected chi connectivity index (χ3v) is 13.6. The van der Waals surface area contributed by atoms with Crippen LogP contribution < -0.4 is 4.90 Å². The van der Waals surface area contributed by atoms with E-state index >= 15 is 0 Å². The Morgan fingerprint density at radius 3 is 1.62 bits per heavy atom. The zero-order valence-corrected chi connectivity index (χ0v) is 34.2. The van der Waals surface area contributed by atoms with Crippen molar-refractivity contribution >= 4 is 60.8 Å². The second-order valence-electron chi connectivity index (χ2n) is 16.6. The van der Waals surface area contributed by atoms with E-state index in [-0.39, 0.29) is 45.8 Å². The number of nitrogens with zero attached hydrogens (tertiary/aromatic N) is 2.